The summed E-state index contributed by atoms with van der Waals surface area (Å²) in [5.41, 5.74) is 0. The molecule has 0 bridgehead atoms. The lowest BCUT2D eigenvalue weighted by Gasteiger charge is -2.06. The highest BCUT2D eigenvalue weighted by Gasteiger charge is 1.83. The second-order valence-electron chi connectivity index (χ2n) is 1.37. The summed E-state index contributed by atoms with van der Waals surface area (Å²) in [6, 6.07) is 0. The van der Waals surface area contributed by atoms with Crippen LogP contribution in [0.3, 0.4) is 0 Å². The first-order valence-corrected chi connectivity index (χ1v) is 2.18. The van der Waals surface area contributed by atoms with Gasteiger partial charge in [-0.1, -0.05) is 0 Å². The first kappa shape index (κ1) is 6.88. The third-order valence-corrected chi connectivity index (χ3v) is 0.441. The normalized spacial score (nSPS) is 10.3. The van der Waals surface area contributed by atoms with E-state index in [0.29, 0.717) is 6.61 Å². The molecule has 0 aliphatic heterocycles. The van der Waals surface area contributed by atoms with E-state index in [4.69, 9.17) is 9.94 Å². The largest absolute Gasteiger partial charge is 0.394 e. The molecular weight excluding hydrogens is 94.0 g/mol. The Labute approximate surface area is 43.5 Å². The maximum atomic E-state index is 8.16. The Balaban J connectivity index is 2.68. The summed E-state index contributed by atoms with van der Waals surface area (Å²) < 4.78 is 0. The zero-order chi connectivity index (χ0) is 5.70. The zero-order valence-corrected chi connectivity index (χ0v) is 4.72. The van der Waals surface area contributed by atoms with Crippen LogP contribution < -0.4 is 0 Å². The molecule has 0 unspecified atom stereocenters. The Kier molecular flexibility index (Phi) is 3.98. The molecule has 0 radical (unpaired) electrons. The van der Waals surface area contributed by atoms with Gasteiger partial charge in [-0.15, -0.1) is 0 Å². The molecule has 7 heavy (non-hydrogen) atoms. The molecule has 0 aromatic carbocycles. The number of aliphatic hydroxyl groups is 1. The summed E-state index contributed by atoms with van der Waals surface area (Å²) in [5.74, 6) is 0. The number of hydroxylamine groups is 2. The van der Waals surface area contributed by atoms with Crippen LogP contribution in [0.2, 0.25) is 0 Å². The van der Waals surface area contributed by atoms with Gasteiger partial charge in [0.2, 0.25) is 0 Å². The molecule has 0 aromatic rings. The van der Waals surface area contributed by atoms with Crippen molar-refractivity contribution in [2.75, 3.05) is 27.3 Å². The average Bonchev–Trinajstić information content (AvgIpc) is 1.61. The van der Waals surface area contributed by atoms with Gasteiger partial charge >= 0.3 is 0 Å². The van der Waals surface area contributed by atoms with Crippen LogP contribution in [-0.4, -0.2) is 37.5 Å². The van der Waals surface area contributed by atoms with Crippen molar-refractivity contribution >= 4 is 0 Å². The molecule has 0 saturated heterocycles. The molecule has 0 saturated carbocycles. The van der Waals surface area contributed by atoms with Gasteiger partial charge in [0.1, 0.15) is 0 Å². The Morgan fingerprint density at radius 3 is 2.29 bits per heavy atom. The summed E-state index contributed by atoms with van der Waals surface area (Å²) in [5, 5.41) is 9.72. The molecule has 0 amide bonds. The van der Waals surface area contributed by atoms with Crippen LogP contribution in [0.4, 0.5) is 0 Å². The molecule has 0 aliphatic carbocycles. The number of nitrogens with zero attached hydrogens (tertiary/aromatic N) is 1. The minimum Gasteiger partial charge on any atom is -0.394 e. The number of rotatable bonds is 3. The van der Waals surface area contributed by atoms with E-state index in [2.05, 4.69) is 0 Å². The molecule has 3 nitrogen and oxygen atoms in total. The van der Waals surface area contributed by atoms with Gasteiger partial charge in [-0.25, -0.2) is 0 Å². The van der Waals surface area contributed by atoms with Crippen molar-refractivity contribution in [1.82, 2.24) is 5.06 Å². The Morgan fingerprint density at radius 2 is 2.14 bits per heavy atom. The van der Waals surface area contributed by atoms with E-state index in [1.807, 2.05) is 0 Å². The zero-order valence-electron chi connectivity index (χ0n) is 4.72. The minimum absolute atomic E-state index is 0.0815. The Morgan fingerprint density at radius 1 is 1.57 bits per heavy atom. The highest BCUT2D eigenvalue weighted by atomic mass is 16.7. The van der Waals surface area contributed by atoms with E-state index < -0.39 is 0 Å². The molecular formula is C4H11NO2. The SMILES string of the molecule is CN(C)OCCO. The predicted octanol–water partition coefficient (Wildman–Crippen LogP) is -0.528. The van der Waals surface area contributed by atoms with Gasteiger partial charge in [0.15, 0.2) is 0 Å². The van der Waals surface area contributed by atoms with Crippen LogP contribution in [0.5, 0.6) is 0 Å². The van der Waals surface area contributed by atoms with E-state index in [0.717, 1.165) is 0 Å². The molecule has 0 aromatic heterocycles. The highest BCUT2D eigenvalue weighted by Crippen LogP contribution is 1.73. The maximum Gasteiger partial charge on any atom is 0.0915 e. The van der Waals surface area contributed by atoms with Gasteiger partial charge < -0.3 is 5.11 Å². The molecule has 0 spiro atoms. The summed E-state index contributed by atoms with van der Waals surface area (Å²) in [4.78, 5) is 4.77. The monoisotopic (exact) mass is 105 g/mol. The summed E-state index contributed by atoms with van der Waals surface area (Å²) in [6.07, 6.45) is 0. The first-order valence-electron chi connectivity index (χ1n) is 2.18. The van der Waals surface area contributed by atoms with Crippen LogP contribution >= 0.6 is 0 Å². The predicted molar refractivity (Wildman–Crippen MR) is 26.7 cm³/mol. The second-order valence-corrected chi connectivity index (χ2v) is 1.37. The fraction of sp³-hybridized carbons (Fsp3) is 1.00. The van der Waals surface area contributed by atoms with Crippen molar-refractivity contribution < 1.29 is 9.94 Å². The number of aliphatic hydroxyl groups excluding tert-OH is 1. The Bertz CT molecular complexity index is 38.7. The highest BCUT2D eigenvalue weighted by molar-refractivity contribution is 4.17. The number of hydrogen-bond acceptors (Lipinski definition) is 3. The van der Waals surface area contributed by atoms with Crippen LogP contribution in [-0.2, 0) is 4.84 Å². The smallest absolute Gasteiger partial charge is 0.0915 e. The molecule has 0 heterocycles. The van der Waals surface area contributed by atoms with Gasteiger partial charge in [0.05, 0.1) is 13.2 Å². The van der Waals surface area contributed by atoms with Crippen molar-refractivity contribution in [2.45, 2.75) is 0 Å². The summed E-state index contributed by atoms with van der Waals surface area (Å²) >= 11 is 0. The lowest BCUT2D eigenvalue weighted by molar-refractivity contribution is -0.128. The maximum absolute atomic E-state index is 8.16. The molecule has 0 rings (SSSR count). The Hall–Kier alpha value is -0.120. The van der Waals surface area contributed by atoms with Gasteiger partial charge in [-0.05, 0) is 0 Å². The minimum atomic E-state index is 0.0815. The topological polar surface area (TPSA) is 32.7 Å². The first-order chi connectivity index (χ1) is 3.27. The molecule has 0 fully saturated rings. The molecule has 0 atom stereocenters. The van der Waals surface area contributed by atoms with Gasteiger partial charge in [-0.3, -0.25) is 4.84 Å². The van der Waals surface area contributed by atoms with E-state index in [9.17, 15) is 0 Å². The lowest BCUT2D eigenvalue weighted by atomic mass is 10.8. The fourth-order valence-electron chi connectivity index (χ4n) is 0.223. The summed E-state index contributed by atoms with van der Waals surface area (Å²) in [7, 11) is 3.55. The van der Waals surface area contributed by atoms with Gasteiger partial charge in [-0.2, -0.15) is 5.06 Å². The van der Waals surface area contributed by atoms with Crippen molar-refractivity contribution in [3.63, 3.8) is 0 Å². The van der Waals surface area contributed by atoms with E-state index in [-0.39, 0.29) is 6.61 Å². The molecule has 1 N–H and O–H groups in total. The molecule has 44 valence electrons. The second kappa shape index (κ2) is 4.05. The van der Waals surface area contributed by atoms with Gasteiger partial charge in [0.25, 0.3) is 0 Å². The van der Waals surface area contributed by atoms with Gasteiger partial charge in [0, 0.05) is 14.1 Å². The standard InChI is InChI=1S/C4H11NO2/c1-5(2)7-4-3-6/h6H,3-4H2,1-2H3. The van der Waals surface area contributed by atoms with Crippen molar-refractivity contribution in [3.05, 3.63) is 0 Å². The summed E-state index contributed by atoms with van der Waals surface area (Å²) in [6.45, 7) is 0.463. The van der Waals surface area contributed by atoms with Crippen LogP contribution in [0.25, 0.3) is 0 Å². The van der Waals surface area contributed by atoms with Crippen molar-refractivity contribution in [1.29, 1.82) is 0 Å². The van der Waals surface area contributed by atoms with Crippen molar-refractivity contribution in [3.8, 4) is 0 Å². The molecule has 3 heteroatoms. The third kappa shape index (κ3) is 5.88. The number of hydrogen-bond donors (Lipinski definition) is 1. The van der Waals surface area contributed by atoms with Crippen LogP contribution in [0.1, 0.15) is 0 Å². The third-order valence-electron chi connectivity index (χ3n) is 0.441. The van der Waals surface area contributed by atoms with E-state index >= 15 is 0 Å². The lowest BCUT2D eigenvalue weighted by Crippen LogP contribution is -2.14. The average molecular weight is 105 g/mol. The van der Waals surface area contributed by atoms with Crippen LogP contribution in [0, 0.1) is 0 Å². The van der Waals surface area contributed by atoms with Crippen molar-refractivity contribution in [2.24, 2.45) is 0 Å². The van der Waals surface area contributed by atoms with Crippen LogP contribution in [0.15, 0.2) is 0 Å². The van der Waals surface area contributed by atoms with E-state index in [1.165, 1.54) is 0 Å². The van der Waals surface area contributed by atoms with E-state index in [1.54, 1.807) is 19.2 Å². The molecule has 0 aliphatic rings. The fourth-order valence-corrected chi connectivity index (χ4v) is 0.223. The quantitative estimate of drug-likeness (QED) is 0.490.